The van der Waals surface area contributed by atoms with Crippen molar-refractivity contribution in [1.29, 1.82) is 0 Å². The molecule has 0 bridgehead atoms. The van der Waals surface area contributed by atoms with Crippen LogP contribution in [-0.4, -0.2) is 22.3 Å². The Labute approximate surface area is 142 Å². The van der Waals surface area contributed by atoms with Gasteiger partial charge in [-0.2, -0.15) is 0 Å². The van der Waals surface area contributed by atoms with Gasteiger partial charge in [0.2, 0.25) is 0 Å². The number of hydrogen-bond donors (Lipinski definition) is 2. The summed E-state index contributed by atoms with van der Waals surface area (Å²) in [6, 6.07) is 12.5. The molecular formula is C19H23N3O2. The number of aromatic nitrogens is 1. The fraction of sp³-hybridized carbons (Fsp3) is 0.316. The molecule has 0 fully saturated rings. The van der Waals surface area contributed by atoms with Crippen LogP contribution in [0.5, 0.6) is 0 Å². The molecule has 0 aliphatic heterocycles. The molecule has 0 aliphatic carbocycles. The molecule has 126 valence electrons. The zero-order valence-corrected chi connectivity index (χ0v) is 14.5. The van der Waals surface area contributed by atoms with E-state index in [2.05, 4.69) is 15.6 Å². The quantitative estimate of drug-likeness (QED) is 0.905. The molecule has 0 radical (unpaired) electrons. The molecule has 0 unspecified atom stereocenters. The molecule has 5 nitrogen and oxygen atoms in total. The molecule has 1 aromatic carbocycles. The first-order valence-electron chi connectivity index (χ1n) is 7.99. The number of carbonyl (C=O) groups is 2. The molecule has 2 rings (SSSR count). The van der Waals surface area contributed by atoms with E-state index >= 15 is 0 Å². The van der Waals surface area contributed by atoms with Crippen LogP contribution in [0.15, 0.2) is 42.5 Å². The molecule has 2 amide bonds. The maximum absolute atomic E-state index is 12.4. The number of benzene rings is 1. The Balaban J connectivity index is 2.19. The van der Waals surface area contributed by atoms with Gasteiger partial charge in [-0.15, -0.1) is 0 Å². The van der Waals surface area contributed by atoms with Gasteiger partial charge >= 0.3 is 0 Å². The zero-order valence-electron chi connectivity index (χ0n) is 14.5. The molecule has 0 atom stereocenters. The molecule has 1 heterocycles. The van der Waals surface area contributed by atoms with Crippen LogP contribution in [0.4, 0.5) is 5.69 Å². The van der Waals surface area contributed by atoms with Crippen molar-refractivity contribution in [3.8, 4) is 0 Å². The summed E-state index contributed by atoms with van der Waals surface area (Å²) in [5.41, 5.74) is 1.88. The third-order valence-corrected chi connectivity index (χ3v) is 3.35. The lowest BCUT2D eigenvalue weighted by molar-refractivity contribution is 0.0914. The lowest BCUT2D eigenvalue weighted by atomic mass is 10.1. The Hall–Kier alpha value is -2.69. The highest BCUT2D eigenvalue weighted by Gasteiger charge is 2.18. The van der Waals surface area contributed by atoms with Crippen molar-refractivity contribution in [2.75, 3.05) is 5.32 Å². The summed E-state index contributed by atoms with van der Waals surface area (Å²) in [5, 5.41) is 5.70. The molecule has 0 saturated carbocycles. The summed E-state index contributed by atoms with van der Waals surface area (Å²) >= 11 is 0. The number of para-hydroxylation sites is 1. The molecule has 1 aromatic heterocycles. The lowest BCUT2D eigenvalue weighted by Gasteiger charge is -2.20. The number of carbonyl (C=O) groups excluding carboxylic acids is 2. The van der Waals surface area contributed by atoms with Crippen molar-refractivity contribution in [3.63, 3.8) is 0 Å². The number of anilines is 1. The second-order valence-corrected chi connectivity index (χ2v) is 6.58. The molecule has 0 spiro atoms. The Morgan fingerprint density at radius 1 is 0.958 bits per heavy atom. The second-order valence-electron chi connectivity index (χ2n) is 6.58. The number of hydrogen-bond acceptors (Lipinski definition) is 3. The van der Waals surface area contributed by atoms with Crippen LogP contribution in [-0.2, 0) is 6.42 Å². The number of aryl methyl sites for hydroxylation is 1. The van der Waals surface area contributed by atoms with Gasteiger partial charge in [-0.3, -0.25) is 9.59 Å². The van der Waals surface area contributed by atoms with Gasteiger partial charge in [0.25, 0.3) is 11.8 Å². The van der Waals surface area contributed by atoms with E-state index < -0.39 is 0 Å². The molecule has 2 aromatic rings. The smallest absolute Gasteiger partial charge is 0.274 e. The van der Waals surface area contributed by atoms with Crippen molar-refractivity contribution in [2.45, 2.75) is 39.7 Å². The molecule has 2 N–H and O–H groups in total. The summed E-state index contributed by atoms with van der Waals surface area (Å²) in [6.07, 6.45) is 0.817. The van der Waals surface area contributed by atoms with Crippen molar-refractivity contribution in [2.24, 2.45) is 0 Å². The van der Waals surface area contributed by atoms with E-state index in [1.807, 2.05) is 52.0 Å². The lowest BCUT2D eigenvalue weighted by Crippen LogP contribution is -2.41. The summed E-state index contributed by atoms with van der Waals surface area (Å²) in [5.74, 6) is -0.632. The predicted molar refractivity (Wildman–Crippen MR) is 95.2 cm³/mol. The Bertz CT molecular complexity index is 748. The standard InChI is InChI=1S/C19H23N3O2/c1-5-13-9-6-7-10-14(13)21-17(23)15-11-8-12-16(20-15)18(24)22-19(2,3)4/h6-12H,5H2,1-4H3,(H,21,23)(H,22,24). The van der Waals surface area contributed by atoms with Crippen LogP contribution in [0, 0.1) is 0 Å². The molecule has 0 aliphatic rings. The average Bonchev–Trinajstić information content (AvgIpc) is 2.54. The van der Waals surface area contributed by atoms with Crippen LogP contribution in [0.3, 0.4) is 0 Å². The Morgan fingerprint density at radius 3 is 2.21 bits per heavy atom. The van der Waals surface area contributed by atoms with Crippen molar-refractivity contribution < 1.29 is 9.59 Å². The van der Waals surface area contributed by atoms with E-state index in [-0.39, 0.29) is 28.7 Å². The van der Waals surface area contributed by atoms with Gasteiger partial charge in [0.05, 0.1) is 0 Å². The molecule has 24 heavy (non-hydrogen) atoms. The van der Waals surface area contributed by atoms with E-state index in [4.69, 9.17) is 0 Å². The van der Waals surface area contributed by atoms with Gasteiger partial charge in [0.1, 0.15) is 11.4 Å². The number of pyridine rings is 1. The minimum atomic E-state index is -0.364. The van der Waals surface area contributed by atoms with E-state index in [9.17, 15) is 9.59 Å². The third kappa shape index (κ3) is 4.65. The van der Waals surface area contributed by atoms with Gasteiger partial charge < -0.3 is 10.6 Å². The normalized spacial score (nSPS) is 11.0. The van der Waals surface area contributed by atoms with Crippen LogP contribution < -0.4 is 10.6 Å². The highest BCUT2D eigenvalue weighted by molar-refractivity contribution is 6.04. The van der Waals surface area contributed by atoms with E-state index in [0.29, 0.717) is 0 Å². The Kier molecular flexibility index (Phi) is 5.34. The second kappa shape index (κ2) is 7.25. The van der Waals surface area contributed by atoms with Gasteiger partial charge in [-0.05, 0) is 51.0 Å². The minimum absolute atomic E-state index is 0.211. The number of amides is 2. The van der Waals surface area contributed by atoms with Gasteiger partial charge in [-0.1, -0.05) is 31.2 Å². The van der Waals surface area contributed by atoms with E-state index in [0.717, 1.165) is 17.7 Å². The van der Waals surface area contributed by atoms with Crippen molar-refractivity contribution >= 4 is 17.5 Å². The third-order valence-electron chi connectivity index (χ3n) is 3.35. The van der Waals surface area contributed by atoms with Gasteiger partial charge in [0.15, 0.2) is 0 Å². The fourth-order valence-electron chi connectivity index (χ4n) is 2.23. The molecule has 5 heteroatoms. The molecular weight excluding hydrogens is 302 g/mol. The first-order valence-corrected chi connectivity index (χ1v) is 7.99. The first kappa shape index (κ1) is 17.7. The minimum Gasteiger partial charge on any atom is -0.346 e. The van der Waals surface area contributed by atoms with Crippen molar-refractivity contribution in [3.05, 3.63) is 59.4 Å². The largest absolute Gasteiger partial charge is 0.346 e. The van der Waals surface area contributed by atoms with Crippen LogP contribution in [0.25, 0.3) is 0 Å². The maximum atomic E-state index is 12.4. The summed E-state index contributed by atoms with van der Waals surface area (Å²) in [4.78, 5) is 28.8. The highest BCUT2D eigenvalue weighted by atomic mass is 16.2. The fourth-order valence-corrected chi connectivity index (χ4v) is 2.23. The summed E-state index contributed by atoms with van der Waals surface area (Å²) < 4.78 is 0. The highest BCUT2D eigenvalue weighted by Crippen LogP contribution is 2.16. The number of nitrogens with zero attached hydrogens (tertiary/aromatic N) is 1. The Morgan fingerprint density at radius 2 is 1.58 bits per heavy atom. The predicted octanol–water partition coefficient (Wildman–Crippen LogP) is 3.42. The number of nitrogens with one attached hydrogen (secondary N) is 2. The van der Waals surface area contributed by atoms with E-state index in [1.165, 1.54) is 0 Å². The van der Waals surface area contributed by atoms with Gasteiger partial charge in [0, 0.05) is 11.2 Å². The topological polar surface area (TPSA) is 71.1 Å². The summed E-state index contributed by atoms with van der Waals surface area (Å²) in [6.45, 7) is 7.70. The van der Waals surface area contributed by atoms with Gasteiger partial charge in [-0.25, -0.2) is 4.98 Å². The zero-order chi connectivity index (χ0) is 17.7. The maximum Gasteiger partial charge on any atom is 0.274 e. The first-order chi connectivity index (χ1) is 11.3. The summed E-state index contributed by atoms with van der Waals surface area (Å²) in [7, 11) is 0. The van der Waals surface area contributed by atoms with Crippen LogP contribution >= 0.6 is 0 Å². The SMILES string of the molecule is CCc1ccccc1NC(=O)c1cccc(C(=O)NC(C)(C)C)n1. The van der Waals surface area contributed by atoms with E-state index in [1.54, 1.807) is 18.2 Å². The van der Waals surface area contributed by atoms with Crippen molar-refractivity contribution in [1.82, 2.24) is 10.3 Å². The van der Waals surface area contributed by atoms with Crippen LogP contribution in [0.2, 0.25) is 0 Å². The number of rotatable bonds is 4. The van der Waals surface area contributed by atoms with Crippen LogP contribution in [0.1, 0.15) is 54.2 Å². The average molecular weight is 325 g/mol. The monoisotopic (exact) mass is 325 g/mol. The molecule has 0 saturated heterocycles.